The summed E-state index contributed by atoms with van der Waals surface area (Å²) in [4.78, 5) is 15.1. The summed E-state index contributed by atoms with van der Waals surface area (Å²) in [5, 5.41) is 2.96. The molecule has 2 aromatic rings. The highest BCUT2D eigenvalue weighted by Crippen LogP contribution is 2.24. The molecule has 0 aliphatic rings. The van der Waals surface area contributed by atoms with Gasteiger partial charge in [-0.1, -0.05) is 30.3 Å². The Morgan fingerprint density at radius 3 is 2.57 bits per heavy atom. The molecule has 23 heavy (non-hydrogen) atoms. The molecular formula is C18H22N2O2S. The van der Waals surface area contributed by atoms with E-state index in [1.165, 1.54) is 0 Å². The standard InChI is InChI=1S/C18H22N2O2S/c1-20(12-13-22-15-8-4-3-5-9-15)14-18(21)19-16-10-6-7-11-17(16)23-2/h3-11H,12-14H2,1-2H3,(H,19,21). The predicted octanol–water partition coefficient (Wildman–Crippen LogP) is 3.36. The lowest BCUT2D eigenvalue weighted by Gasteiger charge is -2.17. The van der Waals surface area contributed by atoms with E-state index < -0.39 is 0 Å². The zero-order chi connectivity index (χ0) is 16.5. The molecule has 0 atom stereocenters. The molecule has 2 aromatic carbocycles. The fraction of sp³-hybridized carbons (Fsp3) is 0.278. The van der Waals surface area contributed by atoms with Gasteiger partial charge in [-0.2, -0.15) is 0 Å². The minimum Gasteiger partial charge on any atom is -0.492 e. The topological polar surface area (TPSA) is 41.6 Å². The van der Waals surface area contributed by atoms with Gasteiger partial charge in [0.1, 0.15) is 12.4 Å². The Balaban J connectivity index is 1.74. The van der Waals surface area contributed by atoms with Gasteiger partial charge in [0.2, 0.25) is 5.91 Å². The van der Waals surface area contributed by atoms with Crippen LogP contribution in [0.2, 0.25) is 0 Å². The summed E-state index contributed by atoms with van der Waals surface area (Å²) in [6.07, 6.45) is 2.00. The molecule has 0 aliphatic carbocycles. The number of carbonyl (C=O) groups is 1. The lowest BCUT2D eigenvalue weighted by atomic mass is 10.3. The van der Waals surface area contributed by atoms with Crippen LogP contribution in [-0.2, 0) is 4.79 Å². The lowest BCUT2D eigenvalue weighted by Crippen LogP contribution is -2.33. The summed E-state index contributed by atoms with van der Waals surface area (Å²) in [5.41, 5.74) is 0.860. The van der Waals surface area contributed by atoms with Crippen LogP contribution in [0.1, 0.15) is 0 Å². The Labute approximate surface area is 141 Å². The molecule has 0 saturated carbocycles. The molecule has 122 valence electrons. The molecule has 0 saturated heterocycles. The molecule has 0 aromatic heterocycles. The quantitative estimate of drug-likeness (QED) is 0.754. The molecular weight excluding hydrogens is 308 g/mol. The highest BCUT2D eigenvalue weighted by Gasteiger charge is 2.09. The average Bonchev–Trinajstić information content (AvgIpc) is 2.56. The van der Waals surface area contributed by atoms with Gasteiger partial charge in [0.15, 0.2) is 0 Å². The van der Waals surface area contributed by atoms with Crippen molar-refractivity contribution >= 4 is 23.4 Å². The Morgan fingerprint density at radius 1 is 1.13 bits per heavy atom. The maximum atomic E-state index is 12.1. The van der Waals surface area contributed by atoms with Crippen LogP contribution >= 0.6 is 11.8 Å². The van der Waals surface area contributed by atoms with Crippen molar-refractivity contribution in [3.05, 3.63) is 54.6 Å². The summed E-state index contributed by atoms with van der Waals surface area (Å²) in [6, 6.07) is 17.5. The van der Waals surface area contributed by atoms with Crippen LogP contribution in [-0.4, -0.2) is 43.8 Å². The second-order valence-corrected chi connectivity index (χ2v) is 6.00. The molecule has 0 heterocycles. The maximum absolute atomic E-state index is 12.1. The number of amides is 1. The minimum atomic E-state index is -0.0197. The Bertz CT molecular complexity index is 619. The monoisotopic (exact) mass is 330 g/mol. The van der Waals surface area contributed by atoms with E-state index in [2.05, 4.69) is 5.32 Å². The van der Waals surface area contributed by atoms with Crippen molar-refractivity contribution in [2.45, 2.75) is 4.90 Å². The van der Waals surface area contributed by atoms with Crippen LogP contribution < -0.4 is 10.1 Å². The van der Waals surface area contributed by atoms with Crippen molar-refractivity contribution in [1.82, 2.24) is 4.90 Å². The summed E-state index contributed by atoms with van der Waals surface area (Å²) in [6.45, 7) is 1.57. The van der Waals surface area contributed by atoms with Crippen molar-refractivity contribution in [1.29, 1.82) is 0 Å². The van der Waals surface area contributed by atoms with Gasteiger partial charge in [0, 0.05) is 11.4 Å². The first kappa shape index (κ1) is 17.4. The van der Waals surface area contributed by atoms with E-state index in [0.717, 1.165) is 16.3 Å². The largest absolute Gasteiger partial charge is 0.492 e. The fourth-order valence-electron chi connectivity index (χ4n) is 2.10. The van der Waals surface area contributed by atoms with Crippen LogP contribution in [0, 0.1) is 0 Å². The van der Waals surface area contributed by atoms with Crippen molar-refractivity contribution in [2.75, 3.05) is 38.3 Å². The van der Waals surface area contributed by atoms with Crippen LogP contribution in [0.25, 0.3) is 0 Å². The first-order chi connectivity index (χ1) is 11.2. The number of rotatable bonds is 8. The molecule has 5 heteroatoms. The van der Waals surface area contributed by atoms with E-state index in [1.54, 1.807) is 11.8 Å². The number of hydrogen-bond acceptors (Lipinski definition) is 4. The number of likely N-dealkylation sites (N-methyl/N-ethyl adjacent to an activating group) is 1. The van der Waals surface area contributed by atoms with E-state index in [9.17, 15) is 4.79 Å². The molecule has 0 aliphatic heterocycles. The minimum absolute atomic E-state index is 0.0197. The number of benzene rings is 2. The smallest absolute Gasteiger partial charge is 0.238 e. The third-order valence-electron chi connectivity index (χ3n) is 3.28. The van der Waals surface area contributed by atoms with E-state index in [1.807, 2.05) is 72.8 Å². The van der Waals surface area contributed by atoms with Gasteiger partial charge in [-0.3, -0.25) is 9.69 Å². The molecule has 1 N–H and O–H groups in total. The van der Waals surface area contributed by atoms with Gasteiger partial charge in [0.25, 0.3) is 0 Å². The van der Waals surface area contributed by atoms with Gasteiger partial charge in [-0.25, -0.2) is 0 Å². The molecule has 0 fully saturated rings. The highest BCUT2D eigenvalue weighted by atomic mass is 32.2. The first-order valence-corrected chi connectivity index (χ1v) is 8.71. The van der Waals surface area contributed by atoms with E-state index >= 15 is 0 Å². The maximum Gasteiger partial charge on any atom is 0.238 e. The summed E-state index contributed by atoms with van der Waals surface area (Å²) in [7, 11) is 1.91. The SMILES string of the molecule is CSc1ccccc1NC(=O)CN(C)CCOc1ccccc1. The van der Waals surface area contributed by atoms with Gasteiger partial charge in [-0.15, -0.1) is 11.8 Å². The molecule has 4 nitrogen and oxygen atoms in total. The van der Waals surface area contributed by atoms with Crippen molar-refractivity contribution < 1.29 is 9.53 Å². The zero-order valence-electron chi connectivity index (χ0n) is 13.5. The van der Waals surface area contributed by atoms with Crippen LogP contribution in [0.4, 0.5) is 5.69 Å². The molecule has 1 amide bonds. The number of ether oxygens (including phenoxy) is 1. The van der Waals surface area contributed by atoms with Crippen LogP contribution in [0.3, 0.4) is 0 Å². The van der Waals surface area contributed by atoms with Gasteiger partial charge < -0.3 is 10.1 Å². The number of carbonyl (C=O) groups excluding carboxylic acids is 1. The summed E-state index contributed by atoms with van der Waals surface area (Å²) >= 11 is 1.62. The summed E-state index contributed by atoms with van der Waals surface area (Å²) in [5.74, 6) is 0.827. The molecule has 2 rings (SSSR count). The lowest BCUT2D eigenvalue weighted by molar-refractivity contribution is -0.117. The zero-order valence-corrected chi connectivity index (χ0v) is 14.3. The van der Waals surface area contributed by atoms with Crippen LogP contribution in [0.5, 0.6) is 5.75 Å². The molecule has 0 radical (unpaired) electrons. The van der Waals surface area contributed by atoms with E-state index in [-0.39, 0.29) is 5.91 Å². The fourth-order valence-corrected chi connectivity index (χ4v) is 2.65. The Hall–Kier alpha value is -1.98. The number of anilines is 1. The number of nitrogens with zero attached hydrogens (tertiary/aromatic N) is 1. The molecule has 0 unspecified atom stereocenters. The van der Waals surface area contributed by atoms with Gasteiger partial charge in [0.05, 0.1) is 12.2 Å². The second-order valence-electron chi connectivity index (χ2n) is 5.15. The van der Waals surface area contributed by atoms with E-state index in [0.29, 0.717) is 19.7 Å². The van der Waals surface area contributed by atoms with Crippen LogP contribution in [0.15, 0.2) is 59.5 Å². The van der Waals surface area contributed by atoms with Crippen molar-refractivity contribution in [2.24, 2.45) is 0 Å². The second kappa shape index (κ2) is 9.22. The highest BCUT2D eigenvalue weighted by molar-refractivity contribution is 7.98. The Kier molecular flexibility index (Phi) is 6.97. The van der Waals surface area contributed by atoms with E-state index in [4.69, 9.17) is 4.74 Å². The number of hydrogen-bond donors (Lipinski definition) is 1. The average molecular weight is 330 g/mol. The van der Waals surface area contributed by atoms with Gasteiger partial charge >= 0.3 is 0 Å². The van der Waals surface area contributed by atoms with Gasteiger partial charge in [-0.05, 0) is 37.6 Å². The molecule has 0 bridgehead atoms. The predicted molar refractivity (Wildman–Crippen MR) is 96.3 cm³/mol. The molecule has 0 spiro atoms. The van der Waals surface area contributed by atoms with Crippen molar-refractivity contribution in [3.8, 4) is 5.75 Å². The number of para-hydroxylation sites is 2. The number of nitrogens with one attached hydrogen (secondary N) is 1. The third kappa shape index (κ3) is 5.96. The Morgan fingerprint density at radius 2 is 1.83 bits per heavy atom. The summed E-state index contributed by atoms with van der Waals surface area (Å²) < 4.78 is 5.64. The first-order valence-electron chi connectivity index (χ1n) is 7.48. The number of thioether (sulfide) groups is 1. The van der Waals surface area contributed by atoms with Crippen molar-refractivity contribution in [3.63, 3.8) is 0 Å². The third-order valence-corrected chi connectivity index (χ3v) is 4.08. The normalized spacial score (nSPS) is 10.6.